The van der Waals surface area contributed by atoms with E-state index in [2.05, 4.69) is 15.5 Å². The first-order valence-corrected chi connectivity index (χ1v) is 3.82. The van der Waals surface area contributed by atoms with Crippen LogP contribution in [0.2, 0.25) is 0 Å². The maximum atomic E-state index is 11.1. The fourth-order valence-electron chi connectivity index (χ4n) is 0.771. The first-order valence-electron chi connectivity index (χ1n) is 3.82. The van der Waals surface area contributed by atoms with Crippen molar-refractivity contribution in [3.63, 3.8) is 0 Å². The van der Waals surface area contributed by atoms with E-state index in [0.29, 0.717) is 12.2 Å². The van der Waals surface area contributed by atoms with Crippen molar-refractivity contribution < 1.29 is 4.79 Å². The largest absolute Gasteiger partial charge is 0.351 e. The van der Waals surface area contributed by atoms with Gasteiger partial charge in [-0.2, -0.15) is 5.10 Å². The van der Waals surface area contributed by atoms with Gasteiger partial charge in [-0.1, -0.05) is 0 Å². The lowest BCUT2D eigenvalue weighted by atomic mass is 10.3. The Morgan fingerprint density at radius 2 is 2.25 bits per heavy atom. The summed E-state index contributed by atoms with van der Waals surface area (Å²) in [4.78, 5) is 11.1. The van der Waals surface area contributed by atoms with Crippen molar-refractivity contribution in [2.45, 2.75) is 13.8 Å². The van der Waals surface area contributed by atoms with E-state index in [1.165, 1.54) is 0 Å². The van der Waals surface area contributed by atoms with Gasteiger partial charge in [0.05, 0.1) is 5.69 Å². The average molecular weight is 165 g/mol. The van der Waals surface area contributed by atoms with E-state index in [9.17, 15) is 4.79 Å². The van der Waals surface area contributed by atoms with Crippen LogP contribution in [0.4, 0.5) is 0 Å². The first-order chi connectivity index (χ1) is 5.74. The van der Waals surface area contributed by atoms with Crippen LogP contribution in [0.1, 0.15) is 23.1 Å². The molecule has 0 spiro atoms. The van der Waals surface area contributed by atoms with Crippen LogP contribution in [0.5, 0.6) is 0 Å². The molecule has 1 amide bonds. The zero-order chi connectivity index (χ0) is 8.97. The molecule has 0 atom stereocenters. The van der Waals surface area contributed by atoms with Crippen molar-refractivity contribution in [2.75, 3.05) is 6.54 Å². The number of rotatable bonds is 2. The third kappa shape index (κ3) is 2.02. The highest BCUT2D eigenvalue weighted by Gasteiger charge is 2.04. The minimum absolute atomic E-state index is 0.176. The fourth-order valence-corrected chi connectivity index (χ4v) is 0.771. The summed E-state index contributed by atoms with van der Waals surface area (Å²) >= 11 is 0. The SMILES string of the molecule is CCNC(=O)c1ccc(C)nn1. The smallest absolute Gasteiger partial charge is 0.271 e. The van der Waals surface area contributed by atoms with Crippen molar-refractivity contribution in [1.82, 2.24) is 15.5 Å². The van der Waals surface area contributed by atoms with Gasteiger partial charge in [-0.3, -0.25) is 4.79 Å². The molecule has 0 saturated carbocycles. The molecule has 0 saturated heterocycles. The summed E-state index contributed by atoms with van der Waals surface area (Å²) in [6.07, 6.45) is 0. The number of hydrogen-bond donors (Lipinski definition) is 1. The molecule has 0 bridgehead atoms. The lowest BCUT2D eigenvalue weighted by Crippen LogP contribution is -2.23. The molecule has 0 aliphatic carbocycles. The quantitative estimate of drug-likeness (QED) is 0.695. The Morgan fingerprint density at radius 1 is 1.50 bits per heavy atom. The van der Waals surface area contributed by atoms with Crippen molar-refractivity contribution >= 4 is 5.91 Å². The Morgan fingerprint density at radius 3 is 2.75 bits per heavy atom. The summed E-state index contributed by atoms with van der Waals surface area (Å²) in [7, 11) is 0. The zero-order valence-electron chi connectivity index (χ0n) is 7.16. The van der Waals surface area contributed by atoms with Gasteiger partial charge in [0.1, 0.15) is 0 Å². The van der Waals surface area contributed by atoms with Crippen LogP contribution in [-0.2, 0) is 0 Å². The number of aromatic nitrogens is 2. The summed E-state index contributed by atoms with van der Waals surface area (Å²) in [6, 6.07) is 3.42. The Hall–Kier alpha value is -1.45. The Balaban J connectivity index is 2.75. The van der Waals surface area contributed by atoms with Crippen LogP contribution >= 0.6 is 0 Å². The number of amides is 1. The van der Waals surface area contributed by atoms with Crippen molar-refractivity contribution in [3.05, 3.63) is 23.5 Å². The van der Waals surface area contributed by atoms with Gasteiger partial charge >= 0.3 is 0 Å². The van der Waals surface area contributed by atoms with Crippen LogP contribution < -0.4 is 5.32 Å². The van der Waals surface area contributed by atoms with Crippen molar-refractivity contribution in [2.24, 2.45) is 0 Å². The zero-order valence-corrected chi connectivity index (χ0v) is 7.16. The van der Waals surface area contributed by atoms with Gasteiger partial charge in [-0.15, -0.1) is 5.10 Å². The molecule has 0 unspecified atom stereocenters. The molecule has 12 heavy (non-hydrogen) atoms. The number of nitrogens with one attached hydrogen (secondary N) is 1. The van der Waals surface area contributed by atoms with Gasteiger partial charge in [0.15, 0.2) is 5.69 Å². The van der Waals surface area contributed by atoms with Crippen LogP contribution in [0.15, 0.2) is 12.1 Å². The van der Waals surface area contributed by atoms with Gasteiger partial charge in [-0.25, -0.2) is 0 Å². The van der Waals surface area contributed by atoms with E-state index in [0.717, 1.165) is 5.69 Å². The van der Waals surface area contributed by atoms with Crippen molar-refractivity contribution in [3.8, 4) is 0 Å². The molecule has 1 N–H and O–H groups in total. The second-order valence-electron chi connectivity index (χ2n) is 2.42. The lowest BCUT2D eigenvalue weighted by molar-refractivity contribution is 0.0950. The highest BCUT2D eigenvalue weighted by Crippen LogP contribution is 1.93. The van der Waals surface area contributed by atoms with Crippen LogP contribution in [0, 0.1) is 6.92 Å². The summed E-state index contributed by atoms with van der Waals surface area (Å²) in [6.45, 7) is 4.29. The maximum Gasteiger partial charge on any atom is 0.271 e. The lowest BCUT2D eigenvalue weighted by Gasteiger charge is -1.99. The average Bonchev–Trinajstić information content (AvgIpc) is 2.06. The Bertz CT molecular complexity index is 268. The molecular weight excluding hydrogens is 154 g/mol. The van der Waals surface area contributed by atoms with Crippen LogP contribution in [0.25, 0.3) is 0 Å². The molecule has 1 heterocycles. The predicted octanol–water partition coefficient (Wildman–Crippen LogP) is 0.535. The number of carbonyl (C=O) groups excluding carboxylic acids is 1. The molecule has 0 aliphatic rings. The second kappa shape index (κ2) is 3.80. The maximum absolute atomic E-state index is 11.1. The minimum atomic E-state index is -0.176. The minimum Gasteiger partial charge on any atom is -0.351 e. The molecule has 1 aromatic rings. The molecule has 0 aromatic carbocycles. The second-order valence-corrected chi connectivity index (χ2v) is 2.42. The van der Waals surface area contributed by atoms with Crippen LogP contribution in [-0.4, -0.2) is 22.6 Å². The molecule has 64 valence electrons. The number of aryl methyl sites for hydroxylation is 1. The number of carbonyl (C=O) groups is 1. The van der Waals surface area contributed by atoms with Gasteiger partial charge in [0, 0.05) is 6.54 Å². The van der Waals surface area contributed by atoms with E-state index in [-0.39, 0.29) is 5.91 Å². The molecule has 4 nitrogen and oxygen atoms in total. The van der Waals surface area contributed by atoms with Gasteiger partial charge in [0.25, 0.3) is 5.91 Å². The molecule has 1 rings (SSSR count). The molecule has 1 aromatic heterocycles. The molecular formula is C8H11N3O. The monoisotopic (exact) mass is 165 g/mol. The first kappa shape index (κ1) is 8.64. The van der Waals surface area contributed by atoms with Crippen molar-refractivity contribution in [1.29, 1.82) is 0 Å². The highest BCUT2D eigenvalue weighted by atomic mass is 16.1. The number of nitrogens with zero attached hydrogens (tertiary/aromatic N) is 2. The third-order valence-electron chi connectivity index (χ3n) is 1.37. The predicted molar refractivity (Wildman–Crippen MR) is 44.8 cm³/mol. The van der Waals surface area contributed by atoms with E-state index in [4.69, 9.17) is 0 Å². The summed E-state index contributed by atoms with van der Waals surface area (Å²) < 4.78 is 0. The van der Waals surface area contributed by atoms with Gasteiger partial charge < -0.3 is 5.32 Å². The fraction of sp³-hybridized carbons (Fsp3) is 0.375. The molecule has 0 fully saturated rings. The summed E-state index contributed by atoms with van der Waals surface area (Å²) in [5.74, 6) is -0.176. The molecule has 4 heteroatoms. The molecule has 0 radical (unpaired) electrons. The van der Waals surface area contributed by atoms with Gasteiger partial charge in [0.2, 0.25) is 0 Å². The topological polar surface area (TPSA) is 54.9 Å². The van der Waals surface area contributed by atoms with E-state index >= 15 is 0 Å². The number of hydrogen-bond acceptors (Lipinski definition) is 3. The highest BCUT2D eigenvalue weighted by molar-refractivity contribution is 5.91. The third-order valence-corrected chi connectivity index (χ3v) is 1.37. The Kier molecular flexibility index (Phi) is 2.74. The standard InChI is InChI=1S/C8H11N3O/c1-3-9-8(12)7-5-4-6(2)10-11-7/h4-5H,3H2,1-2H3,(H,9,12). The van der Waals surface area contributed by atoms with E-state index in [1.807, 2.05) is 13.8 Å². The summed E-state index contributed by atoms with van der Waals surface area (Å²) in [5, 5.41) is 10.1. The van der Waals surface area contributed by atoms with Crippen LogP contribution in [0.3, 0.4) is 0 Å². The molecule has 0 aliphatic heterocycles. The van der Waals surface area contributed by atoms with Gasteiger partial charge in [-0.05, 0) is 26.0 Å². The normalized spacial score (nSPS) is 9.50. The Labute approximate surface area is 71.0 Å². The van der Waals surface area contributed by atoms with E-state index in [1.54, 1.807) is 12.1 Å². The van der Waals surface area contributed by atoms with E-state index < -0.39 is 0 Å². The summed E-state index contributed by atoms with van der Waals surface area (Å²) in [5.41, 5.74) is 1.17.